The van der Waals surface area contributed by atoms with Crippen LogP contribution < -0.4 is 0 Å². The van der Waals surface area contributed by atoms with Crippen molar-refractivity contribution < 1.29 is 5.11 Å². The van der Waals surface area contributed by atoms with E-state index in [2.05, 4.69) is 66.7 Å². The first-order valence-corrected chi connectivity index (χ1v) is 10.1. The Labute approximate surface area is 159 Å². The molecule has 2 atom stereocenters. The van der Waals surface area contributed by atoms with Gasteiger partial charge in [-0.25, -0.2) is 0 Å². The lowest BCUT2D eigenvalue weighted by molar-refractivity contribution is 0.382. The van der Waals surface area contributed by atoms with Crippen LogP contribution in [-0.2, 0) is 0 Å². The van der Waals surface area contributed by atoms with E-state index in [0.29, 0.717) is 17.6 Å². The molecule has 1 fully saturated rings. The smallest absolute Gasteiger partial charge is 0.123 e. The van der Waals surface area contributed by atoms with Crippen LogP contribution in [0.1, 0.15) is 48.6 Å². The molecule has 4 aromatic carbocycles. The molecule has 0 amide bonds. The average molecular weight is 350 g/mol. The van der Waals surface area contributed by atoms with Crippen LogP contribution in [0.4, 0.5) is 0 Å². The van der Waals surface area contributed by atoms with Crippen LogP contribution in [0.5, 0.6) is 5.75 Å². The van der Waals surface area contributed by atoms with E-state index in [-0.39, 0.29) is 0 Å². The Morgan fingerprint density at radius 1 is 0.704 bits per heavy atom. The van der Waals surface area contributed by atoms with Crippen LogP contribution in [0.25, 0.3) is 32.7 Å². The fraction of sp³-hybridized carbons (Fsp3) is 0.231. The van der Waals surface area contributed by atoms with Crippen LogP contribution in [0.2, 0.25) is 0 Å². The van der Waals surface area contributed by atoms with Crippen molar-refractivity contribution >= 4 is 21.5 Å². The molecule has 1 saturated carbocycles. The summed E-state index contributed by atoms with van der Waals surface area (Å²) in [5, 5.41) is 15.6. The third-order valence-corrected chi connectivity index (χ3v) is 6.83. The van der Waals surface area contributed by atoms with E-state index < -0.39 is 0 Å². The minimum atomic E-state index is 0.429. The Morgan fingerprint density at radius 2 is 1.44 bits per heavy atom. The van der Waals surface area contributed by atoms with Gasteiger partial charge in [0.1, 0.15) is 5.75 Å². The molecule has 1 N–H and O–H groups in total. The molecule has 27 heavy (non-hydrogen) atoms. The van der Waals surface area contributed by atoms with Gasteiger partial charge < -0.3 is 5.11 Å². The molecule has 2 aliphatic rings. The molecule has 2 unspecified atom stereocenters. The molecule has 0 bridgehead atoms. The van der Waals surface area contributed by atoms with Gasteiger partial charge >= 0.3 is 0 Å². The largest absolute Gasteiger partial charge is 0.507 e. The summed E-state index contributed by atoms with van der Waals surface area (Å²) in [5.41, 5.74) is 5.60. The number of rotatable bonds is 0. The lowest BCUT2D eigenvalue weighted by Gasteiger charge is -2.39. The third-order valence-electron chi connectivity index (χ3n) is 6.83. The Hall–Kier alpha value is -2.80. The van der Waals surface area contributed by atoms with Crippen LogP contribution in [0.15, 0.2) is 66.7 Å². The number of phenols is 1. The number of fused-ring (bicyclic) bond motifs is 10. The molecule has 4 aromatic rings. The molecule has 1 heteroatoms. The van der Waals surface area contributed by atoms with Gasteiger partial charge in [0.2, 0.25) is 0 Å². The maximum Gasteiger partial charge on any atom is 0.123 e. The Morgan fingerprint density at radius 3 is 2.33 bits per heavy atom. The molecule has 0 spiro atoms. The Kier molecular flexibility index (Phi) is 3.17. The molecule has 6 rings (SSSR count). The lowest BCUT2D eigenvalue weighted by atomic mass is 9.64. The van der Waals surface area contributed by atoms with E-state index in [0.717, 1.165) is 5.39 Å². The zero-order valence-corrected chi connectivity index (χ0v) is 15.3. The van der Waals surface area contributed by atoms with Crippen molar-refractivity contribution in [2.45, 2.75) is 37.5 Å². The van der Waals surface area contributed by atoms with Crippen molar-refractivity contribution in [1.82, 2.24) is 0 Å². The quantitative estimate of drug-likeness (QED) is 0.335. The van der Waals surface area contributed by atoms with Crippen LogP contribution >= 0.6 is 0 Å². The highest BCUT2D eigenvalue weighted by atomic mass is 16.3. The SMILES string of the molecule is Oc1cc2c(c3c1ccc1ccccc13)-c1ccccc1C1CCCCC21. The Balaban J connectivity index is 1.83. The summed E-state index contributed by atoms with van der Waals surface area (Å²) in [7, 11) is 0. The molecule has 1 nitrogen and oxygen atoms in total. The highest BCUT2D eigenvalue weighted by Gasteiger charge is 2.36. The van der Waals surface area contributed by atoms with E-state index in [1.165, 1.54) is 64.1 Å². The molecular formula is C26H22O. The first-order valence-electron chi connectivity index (χ1n) is 10.1. The van der Waals surface area contributed by atoms with Gasteiger partial charge in [0, 0.05) is 10.8 Å². The number of aromatic hydroxyl groups is 1. The molecule has 0 aromatic heterocycles. The maximum atomic E-state index is 10.9. The summed E-state index contributed by atoms with van der Waals surface area (Å²) in [6.45, 7) is 0. The molecule has 0 aliphatic heterocycles. The van der Waals surface area contributed by atoms with Gasteiger partial charge in [-0.15, -0.1) is 0 Å². The number of benzene rings is 4. The van der Waals surface area contributed by atoms with Crippen molar-refractivity contribution in [3.8, 4) is 16.9 Å². The molecule has 0 radical (unpaired) electrons. The fourth-order valence-electron chi connectivity index (χ4n) is 5.70. The molecular weight excluding hydrogens is 328 g/mol. The lowest BCUT2D eigenvalue weighted by Crippen LogP contribution is -2.21. The maximum absolute atomic E-state index is 10.9. The van der Waals surface area contributed by atoms with Crippen molar-refractivity contribution in [3.63, 3.8) is 0 Å². The van der Waals surface area contributed by atoms with E-state index in [1.54, 1.807) is 0 Å². The van der Waals surface area contributed by atoms with Crippen molar-refractivity contribution in [2.75, 3.05) is 0 Å². The first-order chi connectivity index (χ1) is 13.3. The van der Waals surface area contributed by atoms with Crippen molar-refractivity contribution in [2.24, 2.45) is 0 Å². The van der Waals surface area contributed by atoms with Gasteiger partial charge in [-0.3, -0.25) is 0 Å². The number of hydrogen-bond acceptors (Lipinski definition) is 1. The predicted octanol–water partition coefficient (Wildman–Crippen LogP) is 7.12. The second kappa shape index (κ2) is 5.60. The zero-order chi connectivity index (χ0) is 18.0. The standard InChI is InChI=1S/C26H22O/c27-24-15-23-20-11-4-3-9-18(20)19-10-5-6-12-21(19)26(23)25-17-8-2-1-7-16(17)13-14-22(24)25/h1-2,5-8,10,12-15,18,20,27H,3-4,9,11H2. The molecule has 0 saturated heterocycles. The summed E-state index contributed by atoms with van der Waals surface area (Å²) in [6.07, 6.45) is 5.08. The predicted molar refractivity (Wildman–Crippen MR) is 113 cm³/mol. The van der Waals surface area contributed by atoms with Gasteiger partial charge in [0.15, 0.2) is 0 Å². The van der Waals surface area contributed by atoms with E-state index in [4.69, 9.17) is 0 Å². The van der Waals surface area contributed by atoms with Gasteiger partial charge in [0.05, 0.1) is 0 Å². The average Bonchev–Trinajstić information content (AvgIpc) is 2.73. The Bertz CT molecular complexity index is 1200. The van der Waals surface area contributed by atoms with Gasteiger partial charge in [-0.1, -0.05) is 73.5 Å². The number of phenolic OH excluding ortho intramolecular Hbond substituents is 1. The van der Waals surface area contributed by atoms with Crippen LogP contribution in [0.3, 0.4) is 0 Å². The summed E-state index contributed by atoms with van der Waals surface area (Å²) in [5.74, 6) is 1.55. The minimum absolute atomic E-state index is 0.429. The monoisotopic (exact) mass is 350 g/mol. The minimum Gasteiger partial charge on any atom is -0.507 e. The van der Waals surface area contributed by atoms with Crippen LogP contribution in [-0.4, -0.2) is 5.11 Å². The normalized spacial score (nSPS) is 20.9. The van der Waals surface area contributed by atoms with Crippen LogP contribution in [0, 0.1) is 0 Å². The highest BCUT2D eigenvalue weighted by Crippen LogP contribution is 2.56. The summed E-state index contributed by atoms with van der Waals surface area (Å²) >= 11 is 0. The van der Waals surface area contributed by atoms with E-state index >= 15 is 0 Å². The van der Waals surface area contributed by atoms with Gasteiger partial charge in [-0.05, 0) is 63.8 Å². The molecule has 132 valence electrons. The second-order valence-electron chi connectivity index (χ2n) is 8.15. The summed E-state index contributed by atoms with van der Waals surface area (Å²) in [6, 6.07) is 23.8. The van der Waals surface area contributed by atoms with E-state index in [1.807, 2.05) is 0 Å². The molecule has 2 aliphatic carbocycles. The van der Waals surface area contributed by atoms with Gasteiger partial charge in [0.25, 0.3) is 0 Å². The highest BCUT2D eigenvalue weighted by molar-refractivity contribution is 6.17. The fourth-order valence-corrected chi connectivity index (χ4v) is 5.70. The first kappa shape index (κ1) is 15.3. The second-order valence-corrected chi connectivity index (χ2v) is 8.15. The van der Waals surface area contributed by atoms with Crippen molar-refractivity contribution in [3.05, 3.63) is 77.9 Å². The van der Waals surface area contributed by atoms with Crippen molar-refractivity contribution in [1.29, 1.82) is 0 Å². The van der Waals surface area contributed by atoms with Gasteiger partial charge in [-0.2, -0.15) is 0 Å². The number of hydrogen-bond donors (Lipinski definition) is 1. The van der Waals surface area contributed by atoms with E-state index in [9.17, 15) is 5.11 Å². The topological polar surface area (TPSA) is 20.2 Å². The zero-order valence-electron chi connectivity index (χ0n) is 15.3. The third kappa shape index (κ3) is 2.06. The summed E-state index contributed by atoms with van der Waals surface area (Å²) < 4.78 is 0. The molecule has 0 heterocycles. The summed E-state index contributed by atoms with van der Waals surface area (Å²) in [4.78, 5) is 0.